The van der Waals surface area contributed by atoms with Crippen LogP contribution in [0.25, 0.3) is 0 Å². The Kier molecular flexibility index (Phi) is 5.39. The van der Waals surface area contributed by atoms with Gasteiger partial charge in [0.1, 0.15) is 0 Å². The Morgan fingerprint density at radius 2 is 1.95 bits per heavy atom. The van der Waals surface area contributed by atoms with E-state index in [0.29, 0.717) is 12.6 Å². The maximum Gasteiger partial charge on any atom is 0.0765 e. The molecule has 0 unspecified atom stereocenters. The third kappa shape index (κ3) is 5.62. The number of hydrogen-bond donors (Lipinski definition) is 2. The van der Waals surface area contributed by atoms with Gasteiger partial charge in [-0.25, -0.2) is 0 Å². The van der Waals surface area contributed by atoms with Crippen molar-refractivity contribution in [2.45, 2.75) is 52.8 Å². The second-order valence-corrected chi connectivity index (χ2v) is 6.32. The Hall–Kier alpha value is -1.06. The van der Waals surface area contributed by atoms with Crippen molar-refractivity contribution in [3.8, 4) is 0 Å². The molecule has 1 aromatic carbocycles. The van der Waals surface area contributed by atoms with E-state index in [0.717, 1.165) is 6.54 Å². The zero-order chi connectivity index (χ0) is 14.6. The fraction of sp³-hybridized carbons (Fsp3) is 0.625. The molecule has 0 heterocycles. The van der Waals surface area contributed by atoms with Crippen molar-refractivity contribution in [2.24, 2.45) is 0 Å². The van der Waals surface area contributed by atoms with Crippen molar-refractivity contribution in [2.75, 3.05) is 18.5 Å². The summed E-state index contributed by atoms with van der Waals surface area (Å²) >= 11 is 0. The zero-order valence-electron chi connectivity index (χ0n) is 13.1. The number of hydrogen-bond acceptors (Lipinski definition) is 3. The molecule has 3 nitrogen and oxygen atoms in total. The lowest BCUT2D eigenvalue weighted by molar-refractivity contribution is 0.0886. The molecule has 0 atom stereocenters. The van der Waals surface area contributed by atoms with Gasteiger partial charge >= 0.3 is 0 Å². The molecule has 108 valence electrons. The fourth-order valence-electron chi connectivity index (χ4n) is 2.24. The second kappa shape index (κ2) is 6.40. The minimum atomic E-state index is -0.681. The largest absolute Gasteiger partial charge is 0.389 e. The van der Waals surface area contributed by atoms with Gasteiger partial charge in [-0.2, -0.15) is 0 Å². The van der Waals surface area contributed by atoms with Crippen LogP contribution >= 0.6 is 0 Å². The van der Waals surface area contributed by atoms with Crippen LogP contribution in [0.2, 0.25) is 0 Å². The lowest BCUT2D eigenvalue weighted by Crippen LogP contribution is -2.36. The number of benzene rings is 1. The number of likely N-dealkylation sites (N-methyl/N-ethyl adjacent to an activating group) is 1. The first-order chi connectivity index (χ1) is 8.69. The number of rotatable bonds is 6. The summed E-state index contributed by atoms with van der Waals surface area (Å²) < 4.78 is 0. The van der Waals surface area contributed by atoms with E-state index in [2.05, 4.69) is 49.2 Å². The summed E-state index contributed by atoms with van der Waals surface area (Å²) in [5.41, 5.74) is 3.04. The summed E-state index contributed by atoms with van der Waals surface area (Å²) in [5, 5.41) is 13.3. The van der Waals surface area contributed by atoms with Crippen LogP contribution in [0.3, 0.4) is 0 Å². The van der Waals surface area contributed by atoms with Gasteiger partial charge in [-0.1, -0.05) is 26.0 Å². The molecular weight excluding hydrogens is 236 g/mol. The molecule has 0 saturated heterocycles. The van der Waals surface area contributed by atoms with E-state index >= 15 is 0 Å². The predicted molar refractivity (Wildman–Crippen MR) is 82.7 cm³/mol. The van der Waals surface area contributed by atoms with Crippen LogP contribution in [-0.4, -0.2) is 30.3 Å². The molecule has 1 rings (SSSR count). The molecule has 0 radical (unpaired) electrons. The highest BCUT2D eigenvalue weighted by atomic mass is 16.3. The van der Waals surface area contributed by atoms with Crippen molar-refractivity contribution in [3.63, 3.8) is 0 Å². The zero-order valence-corrected chi connectivity index (χ0v) is 13.1. The minimum Gasteiger partial charge on any atom is -0.389 e. The summed E-state index contributed by atoms with van der Waals surface area (Å²) in [6.45, 7) is 11.6. The van der Waals surface area contributed by atoms with Crippen molar-refractivity contribution in [1.82, 2.24) is 5.32 Å². The van der Waals surface area contributed by atoms with Gasteiger partial charge in [0.15, 0.2) is 0 Å². The molecule has 0 fully saturated rings. The van der Waals surface area contributed by atoms with Gasteiger partial charge in [0.05, 0.1) is 5.60 Å². The van der Waals surface area contributed by atoms with Gasteiger partial charge in [0, 0.05) is 31.9 Å². The van der Waals surface area contributed by atoms with E-state index < -0.39 is 5.60 Å². The van der Waals surface area contributed by atoms with Crippen LogP contribution < -0.4 is 10.2 Å². The first kappa shape index (κ1) is 16.0. The van der Waals surface area contributed by atoms with E-state index in [1.54, 1.807) is 0 Å². The Bertz CT molecular complexity index is 408. The lowest BCUT2D eigenvalue weighted by Gasteiger charge is -2.28. The summed E-state index contributed by atoms with van der Waals surface area (Å²) in [6, 6.07) is 7.00. The summed E-state index contributed by atoms with van der Waals surface area (Å²) in [7, 11) is 2.02. The number of aliphatic hydroxyl groups is 1. The van der Waals surface area contributed by atoms with Gasteiger partial charge in [-0.05, 0) is 38.0 Å². The summed E-state index contributed by atoms with van der Waals surface area (Å²) in [6.07, 6.45) is 0. The number of anilines is 1. The first-order valence-corrected chi connectivity index (χ1v) is 6.95. The molecule has 0 bridgehead atoms. The number of nitrogens with zero attached hydrogens (tertiary/aromatic N) is 1. The Morgan fingerprint density at radius 3 is 2.42 bits per heavy atom. The Morgan fingerprint density at radius 1 is 1.32 bits per heavy atom. The summed E-state index contributed by atoms with van der Waals surface area (Å²) in [4.78, 5) is 2.11. The molecule has 0 saturated carbocycles. The fourth-order valence-corrected chi connectivity index (χ4v) is 2.24. The average Bonchev–Trinajstić information content (AvgIpc) is 2.23. The van der Waals surface area contributed by atoms with Crippen LogP contribution in [0.1, 0.15) is 38.8 Å². The first-order valence-electron chi connectivity index (χ1n) is 6.95. The van der Waals surface area contributed by atoms with Crippen molar-refractivity contribution >= 4 is 5.69 Å². The normalized spacial score (nSPS) is 12.0. The van der Waals surface area contributed by atoms with Gasteiger partial charge in [0.25, 0.3) is 0 Å². The topological polar surface area (TPSA) is 35.5 Å². The molecule has 1 aromatic rings. The number of aryl methyl sites for hydroxylation is 1. The quantitative estimate of drug-likeness (QED) is 0.829. The van der Waals surface area contributed by atoms with Crippen LogP contribution in [0.5, 0.6) is 0 Å². The smallest absolute Gasteiger partial charge is 0.0765 e. The molecule has 0 aliphatic heterocycles. The van der Waals surface area contributed by atoms with E-state index in [4.69, 9.17) is 0 Å². The molecule has 0 spiro atoms. The molecule has 2 N–H and O–H groups in total. The van der Waals surface area contributed by atoms with Crippen LogP contribution in [0.15, 0.2) is 18.2 Å². The molecule has 0 aliphatic rings. The Labute approximate surface area is 117 Å². The molecule has 0 amide bonds. The van der Waals surface area contributed by atoms with Crippen molar-refractivity contribution in [1.29, 1.82) is 0 Å². The second-order valence-electron chi connectivity index (χ2n) is 6.32. The molecule has 0 aromatic heterocycles. The maximum absolute atomic E-state index is 9.89. The van der Waals surface area contributed by atoms with Crippen LogP contribution in [0, 0.1) is 6.92 Å². The SMILES string of the molecule is Cc1cc(CNC(C)C)ccc1N(C)CC(C)(C)O. The molecule has 0 aliphatic carbocycles. The van der Waals surface area contributed by atoms with Gasteiger partial charge in [-0.15, -0.1) is 0 Å². The van der Waals surface area contributed by atoms with E-state index in [1.807, 2.05) is 20.9 Å². The van der Waals surface area contributed by atoms with Gasteiger partial charge in [-0.3, -0.25) is 0 Å². The summed E-state index contributed by atoms with van der Waals surface area (Å²) in [5.74, 6) is 0. The lowest BCUT2D eigenvalue weighted by atomic mass is 10.1. The maximum atomic E-state index is 9.89. The van der Waals surface area contributed by atoms with Crippen LogP contribution in [0.4, 0.5) is 5.69 Å². The Balaban J connectivity index is 2.76. The van der Waals surface area contributed by atoms with Crippen LogP contribution in [-0.2, 0) is 6.54 Å². The van der Waals surface area contributed by atoms with E-state index in [9.17, 15) is 5.11 Å². The third-order valence-electron chi connectivity index (χ3n) is 3.01. The third-order valence-corrected chi connectivity index (χ3v) is 3.01. The van der Waals surface area contributed by atoms with E-state index in [-0.39, 0.29) is 0 Å². The number of nitrogens with one attached hydrogen (secondary N) is 1. The molecule has 3 heteroatoms. The van der Waals surface area contributed by atoms with E-state index in [1.165, 1.54) is 16.8 Å². The monoisotopic (exact) mass is 264 g/mol. The standard InChI is InChI=1S/C16H28N2O/c1-12(2)17-10-14-7-8-15(13(3)9-14)18(6)11-16(4,5)19/h7-9,12,17,19H,10-11H2,1-6H3. The minimum absolute atomic E-state index is 0.498. The highest BCUT2D eigenvalue weighted by Gasteiger charge is 2.17. The average molecular weight is 264 g/mol. The van der Waals surface area contributed by atoms with Crippen molar-refractivity contribution < 1.29 is 5.11 Å². The highest BCUT2D eigenvalue weighted by molar-refractivity contribution is 5.54. The molecular formula is C16H28N2O. The van der Waals surface area contributed by atoms with Gasteiger partial charge < -0.3 is 15.3 Å². The molecule has 19 heavy (non-hydrogen) atoms. The van der Waals surface area contributed by atoms with Crippen molar-refractivity contribution in [3.05, 3.63) is 29.3 Å². The predicted octanol–water partition coefficient (Wildman–Crippen LogP) is 2.70. The van der Waals surface area contributed by atoms with Gasteiger partial charge in [0.2, 0.25) is 0 Å². The highest BCUT2D eigenvalue weighted by Crippen LogP contribution is 2.21.